The number of hydrogen-bond donors (Lipinski definition) is 0. The van der Waals surface area contributed by atoms with E-state index in [9.17, 15) is 9.18 Å². The molecule has 3 aromatic rings. The fraction of sp³-hybridized carbons (Fsp3) is 0.348. The number of nitrogens with zero attached hydrogens (tertiary/aromatic N) is 3. The van der Waals surface area contributed by atoms with Crippen molar-refractivity contribution in [1.29, 1.82) is 0 Å². The molecule has 1 aliphatic carbocycles. The predicted octanol–water partition coefficient (Wildman–Crippen LogP) is 4.79. The lowest BCUT2D eigenvalue weighted by molar-refractivity contribution is 0.0894. The molecule has 2 heterocycles. The lowest BCUT2D eigenvalue weighted by Crippen LogP contribution is -2.29. The van der Waals surface area contributed by atoms with Crippen molar-refractivity contribution < 1.29 is 13.6 Å². The van der Waals surface area contributed by atoms with Gasteiger partial charge in [-0.25, -0.2) is 9.37 Å². The van der Waals surface area contributed by atoms with E-state index in [1.165, 1.54) is 31.5 Å². The number of pyridine rings is 1. The average Bonchev–Trinajstić information content (AvgIpc) is 3.22. The molecule has 2 aromatic heterocycles. The van der Waals surface area contributed by atoms with Crippen LogP contribution >= 0.6 is 0 Å². The van der Waals surface area contributed by atoms with Gasteiger partial charge in [0.15, 0.2) is 11.7 Å². The zero-order chi connectivity index (χ0) is 20.1. The van der Waals surface area contributed by atoms with Gasteiger partial charge in [0.05, 0.1) is 17.8 Å². The van der Waals surface area contributed by atoms with Crippen LogP contribution in [0.5, 0.6) is 0 Å². The van der Waals surface area contributed by atoms with Gasteiger partial charge in [0.1, 0.15) is 11.3 Å². The molecule has 0 atom stereocenters. The number of hydrogen-bond acceptors (Lipinski definition) is 4. The molecule has 6 heteroatoms. The first kappa shape index (κ1) is 19.3. The van der Waals surface area contributed by atoms with Crippen LogP contribution in [-0.4, -0.2) is 21.5 Å². The Hall–Kier alpha value is -3.02. The summed E-state index contributed by atoms with van der Waals surface area (Å²) in [4.78, 5) is 21.8. The van der Waals surface area contributed by atoms with Gasteiger partial charge >= 0.3 is 0 Å². The Morgan fingerprint density at radius 3 is 2.76 bits per heavy atom. The fourth-order valence-electron chi connectivity index (χ4n) is 3.69. The molecule has 0 amide bonds. The standard InChI is InChI=1S/C23H24FN3O2/c24-19-11-5-4-10-18(19)20-16-25-22(29-20)13-14-23(28)27-15-7-6-12-21(27)26-17-8-2-1-3-9-17/h4-7,10-12,15-17H,1-3,8-9,13-14H2. The summed E-state index contributed by atoms with van der Waals surface area (Å²) in [5.74, 6) is 0.357. The van der Waals surface area contributed by atoms with Crippen molar-refractivity contribution in [2.45, 2.75) is 51.0 Å². The maximum atomic E-state index is 13.9. The fourth-order valence-corrected chi connectivity index (χ4v) is 3.69. The molecule has 1 fully saturated rings. The number of oxazole rings is 1. The molecule has 0 aliphatic heterocycles. The summed E-state index contributed by atoms with van der Waals surface area (Å²) < 4.78 is 21.2. The second-order valence-electron chi connectivity index (χ2n) is 7.34. The molecule has 29 heavy (non-hydrogen) atoms. The third kappa shape index (κ3) is 4.70. The van der Waals surface area contributed by atoms with E-state index in [1.54, 1.807) is 29.0 Å². The average molecular weight is 393 g/mol. The van der Waals surface area contributed by atoms with Crippen LogP contribution in [0.1, 0.15) is 49.2 Å². The number of carbonyl (C=O) groups excluding carboxylic acids is 1. The van der Waals surface area contributed by atoms with Crippen molar-refractivity contribution in [3.8, 4) is 11.3 Å². The van der Waals surface area contributed by atoms with E-state index in [1.807, 2.05) is 18.2 Å². The minimum Gasteiger partial charge on any atom is -0.441 e. The van der Waals surface area contributed by atoms with E-state index in [0.717, 1.165) is 12.8 Å². The van der Waals surface area contributed by atoms with E-state index in [-0.39, 0.29) is 18.1 Å². The van der Waals surface area contributed by atoms with Crippen molar-refractivity contribution in [3.63, 3.8) is 0 Å². The van der Waals surface area contributed by atoms with Crippen LogP contribution in [0.25, 0.3) is 11.3 Å². The quantitative estimate of drug-likeness (QED) is 0.626. The van der Waals surface area contributed by atoms with Gasteiger partial charge in [0.2, 0.25) is 5.91 Å². The van der Waals surface area contributed by atoms with E-state index in [2.05, 4.69) is 4.98 Å². The summed E-state index contributed by atoms with van der Waals surface area (Å²) in [6, 6.07) is 12.3. The SMILES string of the molecule is O=C(CCc1ncc(-c2ccccc2F)o1)n1ccccc1=NC1CCCCC1. The third-order valence-corrected chi connectivity index (χ3v) is 5.24. The molecular weight excluding hydrogens is 369 g/mol. The van der Waals surface area contributed by atoms with Crippen LogP contribution in [0.15, 0.2) is 64.3 Å². The van der Waals surface area contributed by atoms with Gasteiger partial charge in [0, 0.05) is 19.0 Å². The highest BCUT2D eigenvalue weighted by molar-refractivity contribution is 5.78. The molecule has 1 saturated carbocycles. The molecular formula is C23H24FN3O2. The van der Waals surface area contributed by atoms with Gasteiger partial charge in [-0.2, -0.15) is 0 Å². The molecule has 0 spiro atoms. The van der Waals surface area contributed by atoms with Crippen molar-refractivity contribution in [2.24, 2.45) is 4.99 Å². The number of aromatic nitrogens is 2. The van der Waals surface area contributed by atoms with Crippen molar-refractivity contribution in [2.75, 3.05) is 0 Å². The van der Waals surface area contributed by atoms with Gasteiger partial charge in [-0.05, 0) is 37.1 Å². The summed E-state index contributed by atoms with van der Waals surface area (Å²) in [5, 5.41) is 0. The van der Waals surface area contributed by atoms with E-state index in [0.29, 0.717) is 35.2 Å². The minimum absolute atomic E-state index is 0.0641. The molecule has 4 rings (SSSR count). The molecule has 0 saturated heterocycles. The van der Waals surface area contributed by atoms with Gasteiger partial charge < -0.3 is 4.42 Å². The normalized spacial score (nSPS) is 15.6. The van der Waals surface area contributed by atoms with Crippen molar-refractivity contribution in [3.05, 3.63) is 72.1 Å². The summed E-state index contributed by atoms with van der Waals surface area (Å²) in [5.41, 5.74) is 1.06. The lowest BCUT2D eigenvalue weighted by atomic mass is 9.96. The minimum atomic E-state index is -0.361. The first-order valence-electron chi connectivity index (χ1n) is 10.1. The molecule has 0 bridgehead atoms. The summed E-state index contributed by atoms with van der Waals surface area (Å²) >= 11 is 0. The highest BCUT2D eigenvalue weighted by Gasteiger charge is 2.14. The Morgan fingerprint density at radius 2 is 1.93 bits per heavy atom. The monoisotopic (exact) mass is 393 g/mol. The van der Waals surface area contributed by atoms with Crippen molar-refractivity contribution in [1.82, 2.24) is 9.55 Å². The molecule has 0 N–H and O–H groups in total. The van der Waals surface area contributed by atoms with Crippen LogP contribution in [0.4, 0.5) is 4.39 Å². The number of halogens is 1. The van der Waals surface area contributed by atoms with Crippen LogP contribution in [0.3, 0.4) is 0 Å². The molecule has 1 aromatic carbocycles. The van der Waals surface area contributed by atoms with Gasteiger partial charge in [0.25, 0.3) is 0 Å². The molecule has 0 unspecified atom stereocenters. The predicted molar refractivity (Wildman–Crippen MR) is 108 cm³/mol. The van der Waals surface area contributed by atoms with Crippen LogP contribution in [-0.2, 0) is 6.42 Å². The highest BCUT2D eigenvalue weighted by atomic mass is 19.1. The lowest BCUT2D eigenvalue weighted by Gasteiger charge is -2.17. The smallest absolute Gasteiger partial charge is 0.232 e. The largest absolute Gasteiger partial charge is 0.441 e. The summed E-state index contributed by atoms with van der Waals surface area (Å²) in [6.07, 6.45) is 9.66. The van der Waals surface area contributed by atoms with Gasteiger partial charge in [-0.1, -0.05) is 37.5 Å². The molecule has 0 radical (unpaired) electrons. The van der Waals surface area contributed by atoms with E-state index < -0.39 is 0 Å². The first-order chi connectivity index (χ1) is 14.2. The zero-order valence-electron chi connectivity index (χ0n) is 16.3. The Bertz CT molecular complexity index is 1050. The van der Waals surface area contributed by atoms with Gasteiger partial charge in [-0.3, -0.25) is 14.4 Å². The molecule has 1 aliphatic rings. The Balaban J connectivity index is 1.46. The van der Waals surface area contributed by atoms with Crippen LogP contribution in [0, 0.1) is 5.82 Å². The number of carbonyl (C=O) groups is 1. The van der Waals surface area contributed by atoms with Gasteiger partial charge in [-0.15, -0.1) is 0 Å². The maximum absolute atomic E-state index is 13.9. The summed E-state index contributed by atoms with van der Waals surface area (Å²) in [7, 11) is 0. The van der Waals surface area contributed by atoms with Crippen LogP contribution < -0.4 is 5.49 Å². The molecule has 150 valence electrons. The topological polar surface area (TPSA) is 60.4 Å². The number of benzene rings is 1. The maximum Gasteiger partial charge on any atom is 0.232 e. The Kier molecular flexibility index (Phi) is 5.98. The number of rotatable bonds is 5. The molecule has 5 nitrogen and oxygen atoms in total. The highest BCUT2D eigenvalue weighted by Crippen LogP contribution is 2.23. The van der Waals surface area contributed by atoms with Crippen LogP contribution in [0.2, 0.25) is 0 Å². The Morgan fingerprint density at radius 1 is 1.14 bits per heavy atom. The van der Waals surface area contributed by atoms with Crippen molar-refractivity contribution >= 4 is 5.91 Å². The third-order valence-electron chi connectivity index (χ3n) is 5.24. The second-order valence-corrected chi connectivity index (χ2v) is 7.34. The number of aryl methyl sites for hydroxylation is 1. The summed E-state index contributed by atoms with van der Waals surface area (Å²) in [6.45, 7) is 0. The van der Waals surface area contributed by atoms with E-state index in [4.69, 9.17) is 9.41 Å². The second kappa shape index (κ2) is 8.99. The van der Waals surface area contributed by atoms with E-state index >= 15 is 0 Å². The Labute approximate surface area is 168 Å². The first-order valence-corrected chi connectivity index (χ1v) is 10.1. The zero-order valence-corrected chi connectivity index (χ0v) is 16.3.